The van der Waals surface area contributed by atoms with E-state index >= 15 is 0 Å². The molecule has 5 nitrogen and oxygen atoms in total. The topological polar surface area (TPSA) is 64.6 Å². The van der Waals surface area contributed by atoms with Crippen LogP contribution in [0, 0.1) is 0 Å². The Bertz CT molecular complexity index is 435. The maximum absolute atomic E-state index is 12.0. The van der Waals surface area contributed by atoms with Crippen molar-refractivity contribution in [2.24, 2.45) is 0 Å². The van der Waals surface area contributed by atoms with Crippen molar-refractivity contribution < 1.29 is 18.6 Å². The lowest BCUT2D eigenvalue weighted by molar-refractivity contribution is -0.149. The van der Waals surface area contributed by atoms with E-state index < -0.39 is 18.9 Å². The van der Waals surface area contributed by atoms with Crippen LogP contribution in [0.25, 0.3) is 0 Å². The van der Waals surface area contributed by atoms with E-state index in [4.69, 9.17) is 20.5 Å². The lowest BCUT2D eigenvalue weighted by Gasteiger charge is -2.20. The van der Waals surface area contributed by atoms with E-state index in [1.807, 2.05) is 19.9 Å². The number of hydrogen-bond acceptors (Lipinski definition) is 4. The highest BCUT2D eigenvalue weighted by Gasteiger charge is 2.28. The number of rotatable bonds is 6. The Kier molecular flexibility index (Phi) is 9.67. The smallest absolute Gasteiger partial charge is 0.409 e. The van der Waals surface area contributed by atoms with Gasteiger partial charge in [-0.3, -0.25) is 4.79 Å². The van der Waals surface area contributed by atoms with E-state index in [0.717, 1.165) is 12.8 Å². The van der Waals surface area contributed by atoms with Crippen molar-refractivity contribution >= 4 is 24.1 Å². The zero-order chi connectivity index (χ0) is 16.5. The van der Waals surface area contributed by atoms with Crippen LogP contribution in [-0.2, 0) is 18.6 Å². The molecule has 0 amide bonds. The summed E-state index contributed by atoms with van der Waals surface area (Å²) in [6.07, 6.45) is 6.90. The summed E-state index contributed by atoms with van der Waals surface area (Å²) in [7, 11) is 0. The third-order valence-corrected chi connectivity index (χ3v) is 3.88. The number of carbonyl (C=O) groups excluding carboxylic acids is 1. The summed E-state index contributed by atoms with van der Waals surface area (Å²) >= 11 is 5.78. The van der Waals surface area contributed by atoms with Gasteiger partial charge in [-0.15, -0.1) is 0 Å². The van der Waals surface area contributed by atoms with Gasteiger partial charge in [0.05, 0.1) is 6.10 Å². The summed E-state index contributed by atoms with van der Waals surface area (Å²) in [6, 6.07) is -0.807. The van der Waals surface area contributed by atoms with Gasteiger partial charge in [-0.2, -0.15) is 0 Å². The largest absolute Gasteiger partial charge is 0.462 e. The first-order valence-electron chi connectivity index (χ1n) is 7.14. The molecule has 0 spiro atoms. The van der Waals surface area contributed by atoms with Gasteiger partial charge in [-0.25, -0.2) is 9.65 Å². The molecule has 0 aliphatic heterocycles. The van der Waals surface area contributed by atoms with Crippen molar-refractivity contribution in [3.05, 3.63) is 24.0 Å². The average Bonchev–Trinajstić information content (AvgIpc) is 2.40. The fourth-order valence-electron chi connectivity index (χ4n) is 1.44. The Morgan fingerprint density at radius 1 is 1.33 bits per heavy atom. The maximum Gasteiger partial charge on any atom is 0.409 e. The van der Waals surface area contributed by atoms with E-state index in [1.165, 1.54) is 6.92 Å². The number of carbonyl (C=O) groups is 1. The number of nitrogens with one attached hydrogen (secondary N) is 1. The molecule has 2 atom stereocenters. The molecule has 0 fully saturated rings. The highest BCUT2D eigenvalue weighted by Crippen LogP contribution is 2.51. The molecule has 0 bridgehead atoms. The number of halogens is 1. The van der Waals surface area contributed by atoms with Crippen LogP contribution in [0.2, 0.25) is 0 Å². The Labute approximate surface area is 132 Å². The molecule has 0 aromatic carbocycles. The number of ether oxygens (including phenoxy) is 1. The Morgan fingerprint density at radius 3 is 2.43 bits per heavy atom. The second kappa shape index (κ2) is 10.0. The van der Waals surface area contributed by atoms with Crippen LogP contribution in [0.5, 0.6) is 0 Å². The summed E-state index contributed by atoms with van der Waals surface area (Å²) in [5.74, 6) is -0.0749. The molecule has 1 N–H and O–H groups in total. The van der Waals surface area contributed by atoms with Crippen molar-refractivity contribution in [3.63, 3.8) is 0 Å². The highest BCUT2D eigenvalue weighted by molar-refractivity contribution is 7.83. The van der Waals surface area contributed by atoms with Crippen molar-refractivity contribution in [2.75, 3.05) is 0 Å². The molecule has 122 valence electrons. The van der Waals surface area contributed by atoms with E-state index in [2.05, 4.69) is 5.09 Å². The van der Waals surface area contributed by atoms with Gasteiger partial charge in [-0.05, 0) is 45.8 Å². The predicted octanol–water partition coefficient (Wildman–Crippen LogP) is 4.54. The average molecular weight is 338 g/mol. The van der Waals surface area contributed by atoms with Gasteiger partial charge in [0, 0.05) is 11.2 Å². The predicted molar refractivity (Wildman–Crippen MR) is 86.2 cm³/mol. The van der Waals surface area contributed by atoms with Crippen LogP contribution in [0.1, 0.15) is 47.5 Å². The third-order valence-electron chi connectivity index (χ3n) is 2.24. The summed E-state index contributed by atoms with van der Waals surface area (Å²) in [6.45, 7) is 5.38. The molecule has 0 saturated heterocycles. The minimum atomic E-state index is -3.61. The fraction of sp³-hybridized carbons (Fsp3) is 0.643. The van der Waals surface area contributed by atoms with Crippen molar-refractivity contribution in [1.29, 1.82) is 0 Å². The van der Waals surface area contributed by atoms with Gasteiger partial charge < -0.3 is 9.26 Å². The molecule has 0 aromatic rings. The molecular formula is C14H25ClNO4P. The fourth-order valence-corrected chi connectivity index (χ4v) is 3.14. The van der Waals surface area contributed by atoms with Crippen LogP contribution in [0.4, 0.5) is 0 Å². The molecule has 21 heavy (non-hydrogen) atoms. The van der Waals surface area contributed by atoms with E-state index in [1.54, 1.807) is 26.0 Å². The SMILES string of the molecule is CC.CC(C)OC(=O)C(C)NP(=O)(Cl)OC1=CCCC=C1. The van der Waals surface area contributed by atoms with Gasteiger partial charge in [-0.1, -0.05) is 19.9 Å². The van der Waals surface area contributed by atoms with Gasteiger partial charge in [0.15, 0.2) is 0 Å². The monoisotopic (exact) mass is 337 g/mol. The molecule has 0 aromatic heterocycles. The first-order valence-corrected chi connectivity index (χ1v) is 9.67. The molecule has 7 heteroatoms. The number of hydrogen-bond donors (Lipinski definition) is 1. The second-order valence-corrected chi connectivity index (χ2v) is 7.23. The van der Waals surface area contributed by atoms with Crippen molar-refractivity contribution in [3.8, 4) is 0 Å². The minimum Gasteiger partial charge on any atom is -0.462 e. The molecular weight excluding hydrogens is 313 g/mol. The minimum absolute atomic E-state index is 0.239. The maximum atomic E-state index is 12.0. The summed E-state index contributed by atoms with van der Waals surface area (Å²) < 4.78 is 22.2. The quantitative estimate of drug-likeness (QED) is 0.569. The van der Waals surface area contributed by atoms with Crippen molar-refractivity contribution in [1.82, 2.24) is 5.09 Å². The van der Waals surface area contributed by atoms with Crippen LogP contribution in [0.3, 0.4) is 0 Å². The van der Waals surface area contributed by atoms with Gasteiger partial charge in [0.25, 0.3) is 0 Å². The zero-order valence-electron chi connectivity index (χ0n) is 13.3. The lowest BCUT2D eigenvalue weighted by Crippen LogP contribution is -2.34. The second-order valence-electron chi connectivity index (χ2n) is 4.49. The zero-order valence-corrected chi connectivity index (χ0v) is 14.9. The van der Waals surface area contributed by atoms with Gasteiger partial charge >= 0.3 is 12.8 Å². The molecule has 0 heterocycles. The number of esters is 1. The normalized spacial score (nSPS) is 18.0. The van der Waals surface area contributed by atoms with Gasteiger partial charge in [0.2, 0.25) is 0 Å². The molecule has 0 saturated carbocycles. The molecule has 1 rings (SSSR count). The molecule has 2 unspecified atom stereocenters. The van der Waals surface area contributed by atoms with Crippen molar-refractivity contribution in [2.45, 2.75) is 59.6 Å². The first-order chi connectivity index (χ1) is 9.80. The Morgan fingerprint density at radius 2 is 1.95 bits per heavy atom. The number of allylic oxidation sites excluding steroid dienone is 3. The standard InChI is InChI=1S/C12H19ClNO4P.C2H6/c1-9(2)17-12(15)10(3)14-19(13,16)18-11-7-5-4-6-8-11;1-2/h5,7-10H,4,6H2,1-3H3,(H,14,16);1-2H3. The van der Waals surface area contributed by atoms with Gasteiger partial charge in [0.1, 0.15) is 11.8 Å². The molecule has 1 aliphatic rings. The molecule has 0 radical (unpaired) electrons. The Balaban J connectivity index is 0.00000191. The van der Waals surface area contributed by atoms with Crippen LogP contribution in [0.15, 0.2) is 24.0 Å². The lowest BCUT2D eigenvalue weighted by atomic mass is 10.2. The summed E-state index contributed by atoms with van der Waals surface area (Å²) in [4.78, 5) is 11.6. The molecule has 1 aliphatic carbocycles. The van der Waals surface area contributed by atoms with Crippen LogP contribution < -0.4 is 5.09 Å². The van der Waals surface area contributed by atoms with Crippen LogP contribution in [-0.4, -0.2) is 18.1 Å². The summed E-state index contributed by atoms with van der Waals surface area (Å²) in [5.41, 5.74) is 0. The van der Waals surface area contributed by atoms with E-state index in [9.17, 15) is 9.36 Å². The Hall–Kier alpha value is -0.770. The summed E-state index contributed by atoms with van der Waals surface area (Å²) in [5, 5.41) is 2.46. The highest BCUT2D eigenvalue weighted by atomic mass is 35.7. The van der Waals surface area contributed by atoms with Crippen LogP contribution >= 0.6 is 18.1 Å². The van der Waals surface area contributed by atoms with E-state index in [0.29, 0.717) is 5.76 Å². The first kappa shape index (κ1) is 20.2. The van der Waals surface area contributed by atoms with E-state index in [-0.39, 0.29) is 6.10 Å². The third kappa shape index (κ3) is 8.97.